The lowest BCUT2D eigenvalue weighted by Gasteiger charge is -2.30. The van der Waals surface area contributed by atoms with Crippen molar-refractivity contribution in [3.05, 3.63) is 35.6 Å². The maximum Gasteiger partial charge on any atom is 0.295 e. The lowest BCUT2D eigenvalue weighted by Crippen LogP contribution is -2.42. The number of hydrogen-bond acceptors (Lipinski definition) is 3. The van der Waals surface area contributed by atoms with Gasteiger partial charge in [0.2, 0.25) is 6.23 Å². The molecule has 0 aromatic heterocycles. The Kier molecular flexibility index (Phi) is 3.01. The zero-order valence-electron chi connectivity index (χ0n) is 7.51. The molecule has 0 aromatic carbocycles. The molecular weight excluding hydrogens is 192 g/mol. The molecule has 1 atom stereocenters. The molecule has 0 spiro atoms. The molecule has 1 heterocycles. The second-order valence-electron chi connectivity index (χ2n) is 2.73. The lowest BCUT2D eigenvalue weighted by molar-refractivity contribution is -0.133. The Balaban J connectivity index is 2.78. The van der Waals surface area contributed by atoms with Crippen molar-refractivity contribution in [2.45, 2.75) is 13.2 Å². The van der Waals surface area contributed by atoms with E-state index in [1.165, 1.54) is 0 Å². The first-order valence-electron chi connectivity index (χ1n) is 3.84. The van der Waals surface area contributed by atoms with Gasteiger partial charge < -0.3 is 10.1 Å². The Morgan fingerprint density at radius 3 is 2.71 bits per heavy atom. The highest BCUT2D eigenvalue weighted by molar-refractivity contribution is 5.45. The Hall–Kier alpha value is -1.65. The number of carbonyl (C=O) groups is 1. The third-order valence-electron chi connectivity index (χ3n) is 1.80. The topological polar surface area (TPSA) is 38.3 Å². The van der Waals surface area contributed by atoms with Crippen molar-refractivity contribution in [2.75, 3.05) is 0 Å². The fourth-order valence-corrected chi connectivity index (χ4v) is 1.04. The molecule has 0 amide bonds. The summed E-state index contributed by atoms with van der Waals surface area (Å²) in [6, 6.07) is 0. The molecule has 14 heavy (non-hydrogen) atoms. The summed E-state index contributed by atoms with van der Waals surface area (Å²) in [4.78, 5) is 9.99. The van der Waals surface area contributed by atoms with E-state index >= 15 is 0 Å². The van der Waals surface area contributed by atoms with E-state index in [4.69, 9.17) is 0 Å². The number of carbonyl (C=O) groups excluding carboxylic acids is 1. The Morgan fingerprint density at radius 2 is 2.29 bits per heavy atom. The fraction of sp³-hybridized carbons (Fsp3) is 0.222. The van der Waals surface area contributed by atoms with E-state index in [1.54, 1.807) is 6.92 Å². The second kappa shape index (κ2) is 4.04. The van der Waals surface area contributed by atoms with Crippen LogP contribution < -0.4 is 5.32 Å². The van der Waals surface area contributed by atoms with E-state index in [0.29, 0.717) is 11.3 Å². The van der Waals surface area contributed by atoms with Crippen molar-refractivity contribution in [3.63, 3.8) is 0 Å². The van der Waals surface area contributed by atoms with Gasteiger partial charge in [-0.2, -0.15) is 0 Å². The molecule has 0 saturated heterocycles. The molecule has 0 aromatic rings. The van der Waals surface area contributed by atoms with Crippen LogP contribution in [0.5, 0.6) is 0 Å². The Morgan fingerprint density at radius 1 is 1.64 bits per heavy atom. The van der Waals surface area contributed by atoms with Crippen LogP contribution in [0.2, 0.25) is 0 Å². The summed E-state index contributed by atoms with van der Waals surface area (Å²) in [5, 5.41) is 2.70. The number of ether oxygens (including phenoxy) is 1. The molecule has 1 aliphatic rings. The van der Waals surface area contributed by atoms with E-state index in [-0.39, 0.29) is 6.47 Å². The molecule has 76 valence electrons. The zero-order valence-corrected chi connectivity index (χ0v) is 7.51. The first-order valence-corrected chi connectivity index (χ1v) is 3.84. The zero-order chi connectivity index (χ0) is 10.7. The molecule has 0 bridgehead atoms. The van der Waals surface area contributed by atoms with Crippen LogP contribution in [0.3, 0.4) is 0 Å². The standard InChI is InChI=1S/C9H9F2NO2/c1-5(10)8(11)3-7-6(2)12-9(7)14-4-13/h3-4,9,12H,1H2,2H3/b8-3+. The van der Waals surface area contributed by atoms with Gasteiger partial charge >= 0.3 is 0 Å². The van der Waals surface area contributed by atoms with Crippen molar-refractivity contribution < 1.29 is 18.3 Å². The van der Waals surface area contributed by atoms with Gasteiger partial charge in [0.15, 0.2) is 11.7 Å². The maximum absolute atomic E-state index is 12.8. The molecular formula is C9H9F2NO2. The van der Waals surface area contributed by atoms with Gasteiger partial charge in [-0.1, -0.05) is 6.58 Å². The van der Waals surface area contributed by atoms with Gasteiger partial charge in [-0.15, -0.1) is 0 Å². The SMILES string of the molecule is C=C(F)/C(F)=C\C1=C(C)NC1OC=O. The third kappa shape index (κ3) is 1.99. The van der Waals surface area contributed by atoms with Gasteiger partial charge in [0.1, 0.15) is 0 Å². The van der Waals surface area contributed by atoms with Crippen LogP contribution in [-0.2, 0) is 9.53 Å². The smallest absolute Gasteiger partial charge is 0.295 e. The van der Waals surface area contributed by atoms with Crippen LogP contribution in [0.15, 0.2) is 35.6 Å². The van der Waals surface area contributed by atoms with E-state index in [2.05, 4.69) is 16.6 Å². The largest absolute Gasteiger partial charge is 0.440 e. The van der Waals surface area contributed by atoms with Gasteiger partial charge in [0, 0.05) is 11.3 Å². The predicted molar refractivity (Wildman–Crippen MR) is 46.2 cm³/mol. The van der Waals surface area contributed by atoms with E-state index in [0.717, 1.165) is 6.08 Å². The summed E-state index contributed by atoms with van der Waals surface area (Å²) < 4.78 is 29.6. The summed E-state index contributed by atoms with van der Waals surface area (Å²) in [7, 11) is 0. The summed E-state index contributed by atoms with van der Waals surface area (Å²) in [5.41, 5.74) is 1.03. The molecule has 0 radical (unpaired) electrons. The van der Waals surface area contributed by atoms with Gasteiger partial charge in [-0.05, 0) is 13.0 Å². The number of hydrogen-bond donors (Lipinski definition) is 1. The van der Waals surface area contributed by atoms with Crippen molar-refractivity contribution in [2.24, 2.45) is 0 Å². The van der Waals surface area contributed by atoms with Crippen LogP contribution >= 0.6 is 0 Å². The quantitative estimate of drug-likeness (QED) is 0.555. The normalized spacial score (nSPS) is 21.1. The number of halogens is 2. The van der Waals surface area contributed by atoms with Crippen molar-refractivity contribution in [3.8, 4) is 0 Å². The molecule has 1 unspecified atom stereocenters. The fourth-order valence-electron chi connectivity index (χ4n) is 1.04. The molecule has 1 aliphatic heterocycles. The van der Waals surface area contributed by atoms with Gasteiger partial charge in [-0.3, -0.25) is 4.79 Å². The van der Waals surface area contributed by atoms with Crippen LogP contribution in [0.25, 0.3) is 0 Å². The number of nitrogens with one attached hydrogen (secondary N) is 1. The third-order valence-corrected chi connectivity index (χ3v) is 1.80. The molecule has 1 rings (SSSR count). The molecule has 0 aliphatic carbocycles. The van der Waals surface area contributed by atoms with Crippen molar-refractivity contribution >= 4 is 6.47 Å². The van der Waals surface area contributed by atoms with Crippen LogP contribution in [0.4, 0.5) is 8.78 Å². The highest BCUT2D eigenvalue weighted by Gasteiger charge is 2.26. The van der Waals surface area contributed by atoms with Gasteiger partial charge in [-0.25, -0.2) is 8.78 Å². The highest BCUT2D eigenvalue weighted by atomic mass is 19.2. The van der Waals surface area contributed by atoms with E-state index < -0.39 is 17.9 Å². The summed E-state index contributed by atoms with van der Waals surface area (Å²) in [6.07, 6.45) is 0.250. The maximum atomic E-state index is 12.8. The average molecular weight is 201 g/mol. The summed E-state index contributed by atoms with van der Waals surface area (Å²) in [6.45, 7) is 4.69. The summed E-state index contributed by atoms with van der Waals surface area (Å²) >= 11 is 0. The minimum Gasteiger partial charge on any atom is -0.440 e. The molecule has 3 nitrogen and oxygen atoms in total. The minimum atomic E-state index is -1.15. The number of rotatable bonds is 4. The van der Waals surface area contributed by atoms with Crippen molar-refractivity contribution in [1.29, 1.82) is 0 Å². The second-order valence-corrected chi connectivity index (χ2v) is 2.73. The Labute approximate surface area is 79.7 Å². The molecule has 1 N–H and O–H groups in total. The average Bonchev–Trinajstić information content (AvgIpc) is 2.13. The first-order chi connectivity index (χ1) is 6.56. The predicted octanol–water partition coefficient (Wildman–Crippen LogP) is 1.70. The lowest BCUT2D eigenvalue weighted by atomic mass is 10.1. The highest BCUT2D eigenvalue weighted by Crippen LogP contribution is 2.24. The van der Waals surface area contributed by atoms with Crippen LogP contribution in [0, 0.1) is 0 Å². The summed E-state index contributed by atoms with van der Waals surface area (Å²) in [5.74, 6) is -2.22. The van der Waals surface area contributed by atoms with Crippen LogP contribution in [0.1, 0.15) is 6.92 Å². The molecule has 5 heteroatoms. The number of allylic oxidation sites excluding steroid dienone is 3. The molecule has 0 saturated carbocycles. The van der Waals surface area contributed by atoms with E-state index in [1.807, 2.05) is 0 Å². The Bertz CT molecular complexity index is 334. The van der Waals surface area contributed by atoms with Crippen LogP contribution in [-0.4, -0.2) is 12.7 Å². The molecule has 0 fully saturated rings. The van der Waals surface area contributed by atoms with Crippen molar-refractivity contribution in [1.82, 2.24) is 5.32 Å². The van der Waals surface area contributed by atoms with Gasteiger partial charge in [0.05, 0.1) is 0 Å². The van der Waals surface area contributed by atoms with E-state index in [9.17, 15) is 13.6 Å². The monoisotopic (exact) mass is 201 g/mol. The van der Waals surface area contributed by atoms with Gasteiger partial charge in [0.25, 0.3) is 6.47 Å². The minimum absolute atomic E-state index is 0.236. The first kappa shape index (κ1) is 10.4.